The number of ether oxygens (including phenoxy) is 1. The van der Waals surface area contributed by atoms with Crippen LogP contribution in [0.3, 0.4) is 0 Å². The fourth-order valence-corrected chi connectivity index (χ4v) is 2.80. The van der Waals surface area contributed by atoms with E-state index in [9.17, 15) is 9.90 Å². The summed E-state index contributed by atoms with van der Waals surface area (Å²) in [6, 6.07) is 9.30. The highest BCUT2D eigenvalue weighted by atomic mass is 16.5. The second kappa shape index (κ2) is 6.83. The molecule has 6 heteroatoms. The lowest BCUT2D eigenvalue weighted by molar-refractivity contribution is 0.0863. The molecule has 0 bridgehead atoms. The zero-order valence-electron chi connectivity index (χ0n) is 13.1. The fraction of sp³-hybridized carbons (Fsp3) is 0.412. The van der Waals surface area contributed by atoms with Gasteiger partial charge < -0.3 is 15.2 Å². The average Bonchev–Trinajstić information content (AvgIpc) is 3.07. The number of aromatic nitrogens is 2. The molecule has 1 saturated carbocycles. The summed E-state index contributed by atoms with van der Waals surface area (Å²) in [4.78, 5) is 12.3. The maximum absolute atomic E-state index is 12.3. The molecule has 122 valence electrons. The summed E-state index contributed by atoms with van der Waals surface area (Å²) in [5.74, 6) is 0.608. The zero-order chi connectivity index (χ0) is 16.2. The second-order valence-corrected chi connectivity index (χ2v) is 5.82. The van der Waals surface area contributed by atoms with E-state index in [0.29, 0.717) is 5.69 Å². The summed E-state index contributed by atoms with van der Waals surface area (Å²) in [6.45, 7) is 0. The number of hydrogen-bond donors (Lipinski definition) is 2. The summed E-state index contributed by atoms with van der Waals surface area (Å²) >= 11 is 0. The van der Waals surface area contributed by atoms with Crippen LogP contribution in [0.1, 0.15) is 36.2 Å². The molecule has 1 aromatic heterocycles. The average molecular weight is 315 g/mol. The maximum Gasteiger partial charge on any atom is 0.272 e. The van der Waals surface area contributed by atoms with Gasteiger partial charge in [-0.05, 0) is 56.0 Å². The Bertz CT molecular complexity index is 658. The van der Waals surface area contributed by atoms with Crippen molar-refractivity contribution in [3.63, 3.8) is 0 Å². The number of hydrogen-bond acceptors (Lipinski definition) is 4. The molecule has 0 spiro atoms. The van der Waals surface area contributed by atoms with Gasteiger partial charge in [-0.1, -0.05) is 0 Å². The van der Waals surface area contributed by atoms with Gasteiger partial charge >= 0.3 is 0 Å². The van der Waals surface area contributed by atoms with Gasteiger partial charge in [0.05, 0.1) is 18.9 Å². The highest BCUT2D eigenvalue weighted by Gasteiger charge is 2.22. The molecule has 0 saturated heterocycles. The Labute approximate surface area is 135 Å². The second-order valence-electron chi connectivity index (χ2n) is 5.82. The predicted octanol–water partition coefficient (Wildman–Crippen LogP) is 1.91. The largest absolute Gasteiger partial charge is 0.497 e. The van der Waals surface area contributed by atoms with E-state index in [-0.39, 0.29) is 18.1 Å². The Morgan fingerprint density at radius 1 is 1.22 bits per heavy atom. The Hall–Kier alpha value is -2.34. The molecule has 1 aliphatic carbocycles. The molecule has 0 unspecified atom stereocenters. The van der Waals surface area contributed by atoms with Gasteiger partial charge in [0.1, 0.15) is 5.75 Å². The number of rotatable bonds is 4. The van der Waals surface area contributed by atoms with Gasteiger partial charge in [-0.3, -0.25) is 4.79 Å². The monoisotopic (exact) mass is 315 g/mol. The molecule has 23 heavy (non-hydrogen) atoms. The summed E-state index contributed by atoms with van der Waals surface area (Å²) in [5, 5.41) is 16.8. The first-order valence-corrected chi connectivity index (χ1v) is 7.85. The lowest BCUT2D eigenvalue weighted by Crippen LogP contribution is -2.38. The molecule has 1 aromatic carbocycles. The number of benzene rings is 1. The molecule has 1 heterocycles. The van der Waals surface area contributed by atoms with Crippen LogP contribution >= 0.6 is 0 Å². The highest BCUT2D eigenvalue weighted by Crippen LogP contribution is 2.19. The van der Waals surface area contributed by atoms with E-state index < -0.39 is 0 Å². The third-order valence-corrected chi connectivity index (χ3v) is 4.19. The first-order valence-electron chi connectivity index (χ1n) is 7.85. The van der Waals surface area contributed by atoms with Crippen molar-refractivity contribution in [1.82, 2.24) is 15.1 Å². The molecule has 3 rings (SSSR count). The third kappa shape index (κ3) is 3.71. The minimum Gasteiger partial charge on any atom is -0.497 e. The molecule has 6 nitrogen and oxygen atoms in total. The topological polar surface area (TPSA) is 76.4 Å². The van der Waals surface area contributed by atoms with E-state index in [4.69, 9.17) is 4.74 Å². The molecule has 2 aromatic rings. The van der Waals surface area contributed by atoms with Crippen molar-refractivity contribution in [2.45, 2.75) is 37.8 Å². The molecule has 0 radical (unpaired) electrons. The number of methoxy groups -OCH3 is 1. The van der Waals surface area contributed by atoms with Gasteiger partial charge in [0.2, 0.25) is 0 Å². The fourth-order valence-electron chi connectivity index (χ4n) is 2.80. The quantitative estimate of drug-likeness (QED) is 0.903. The van der Waals surface area contributed by atoms with Crippen molar-refractivity contribution in [1.29, 1.82) is 0 Å². The van der Waals surface area contributed by atoms with E-state index in [1.165, 1.54) is 0 Å². The summed E-state index contributed by atoms with van der Waals surface area (Å²) in [5.41, 5.74) is 1.26. The Balaban J connectivity index is 1.64. The predicted molar refractivity (Wildman–Crippen MR) is 85.8 cm³/mol. The third-order valence-electron chi connectivity index (χ3n) is 4.19. The number of aliphatic hydroxyl groups is 1. The Morgan fingerprint density at radius 3 is 2.57 bits per heavy atom. The van der Waals surface area contributed by atoms with Crippen LogP contribution in [0.15, 0.2) is 36.5 Å². The van der Waals surface area contributed by atoms with E-state index >= 15 is 0 Å². The van der Waals surface area contributed by atoms with E-state index in [1.54, 1.807) is 24.1 Å². The summed E-state index contributed by atoms with van der Waals surface area (Å²) in [7, 11) is 1.62. The van der Waals surface area contributed by atoms with Gasteiger partial charge in [0.25, 0.3) is 5.91 Å². The molecule has 0 atom stereocenters. The van der Waals surface area contributed by atoms with Gasteiger partial charge in [0.15, 0.2) is 5.69 Å². The lowest BCUT2D eigenvalue weighted by Gasteiger charge is -2.25. The summed E-state index contributed by atoms with van der Waals surface area (Å²) in [6.07, 6.45) is 4.65. The highest BCUT2D eigenvalue weighted by molar-refractivity contribution is 5.92. The molecule has 1 fully saturated rings. The number of nitrogens with zero attached hydrogens (tertiary/aromatic N) is 2. The van der Waals surface area contributed by atoms with Crippen molar-refractivity contribution < 1.29 is 14.6 Å². The Kier molecular flexibility index (Phi) is 4.62. The molecule has 1 aliphatic rings. The number of aliphatic hydroxyl groups excluding tert-OH is 1. The zero-order valence-corrected chi connectivity index (χ0v) is 13.1. The van der Waals surface area contributed by atoms with Crippen LogP contribution in [0.5, 0.6) is 5.75 Å². The van der Waals surface area contributed by atoms with Crippen molar-refractivity contribution in [2.24, 2.45) is 0 Å². The molecule has 0 aliphatic heterocycles. The van der Waals surface area contributed by atoms with Gasteiger partial charge in [-0.25, -0.2) is 4.68 Å². The van der Waals surface area contributed by atoms with Crippen LogP contribution in [0, 0.1) is 0 Å². The van der Waals surface area contributed by atoms with Gasteiger partial charge in [-0.15, -0.1) is 0 Å². The maximum atomic E-state index is 12.3. The van der Waals surface area contributed by atoms with Crippen LogP contribution in [0.4, 0.5) is 0 Å². The first kappa shape index (κ1) is 15.6. The van der Waals surface area contributed by atoms with Crippen molar-refractivity contribution >= 4 is 5.91 Å². The van der Waals surface area contributed by atoms with Crippen LogP contribution in [0.2, 0.25) is 0 Å². The molecular formula is C17H21N3O3. The SMILES string of the molecule is COc1ccc(-n2ccc(C(=O)NC3CCC(O)CC3)n2)cc1. The van der Waals surface area contributed by atoms with Crippen LogP contribution < -0.4 is 10.1 Å². The van der Waals surface area contributed by atoms with Gasteiger partial charge in [-0.2, -0.15) is 5.10 Å². The van der Waals surface area contributed by atoms with E-state index in [2.05, 4.69) is 10.4 Å². The normalized spacial score (nSPS) is 21.0. The number of carbonyl (C=O) groups excluding carboxylic acids is 1. The first-order chi connectivity index (χ1) is 11.2. The van der Waals surface area contributed by atoms with Crippen molar-refractivity contribution in [3.8, 4) is 11.4 Å². The smallest absolute Gasteiger partial charge is 0.272 e. The standard InChI is InChI=1S/C17H21N3O3/c1-23-15-8-4-13(5-9-15)20-11-10-16(19-20)17(22)18-12-2-6-14(21)7-3-12/h4-5,8-12,14,21H,2-3,6-7H2,1H3,(H,18,22). The molecule has 2 N–H and O–H groups in total. The number of carbonyl (C=O) groups is 1. The molecule has 1 amide bonds. The van der Waals surface area contributed by atoms with E-state index in [0.717, 1.165) is 37.1 Å². The minimum absolute atomic E-state index is 0.122. The number of amides is 1. The number of nitrogens with one attached hydrogen (secondary N) is 1. The Morgan fingerprint density at radius 2 is 1.91 bits per heavy atom. The summed E-state index contributed by atoms with van der Waals surface area (Å²) < 4.78 is 6.79. The van der Waals surface area contributed by atoms with Crippen LogP contribution in [0.25, 0.3) is 5.69 Å². The lowest BCUT2D eigenvalue weighted by atomic mass is 9.93. The van der Waals surface area contributed by atoms with Crippen molar-refractivity contribution in [3.05, 3.63) is 42.2 Å². The van der Waals surface area contributed by atoms with Crippen molar-refractivity contribution in [2.75, 3.05) is 7.11 Å². The van der Waals surface area contributed by atoms with E-state index in [1.807, 2.05) is 24.3 Å². The van der Waals surface area contributed by atoms with Gasteiger partial charge in [0, 0.05) is 12.2 Å². The van der Waals surface area contributed by atoms with Crippen LogP contribution in [-0.2, 0) is 0 Å². The molecular weight excluding hydrogens is 294 g/mol. The minimum atomic E-state index is -0.225. The van der Waals surface area contributed by atoms with Crippen LogP contribution in [-0.4, -0.2) is 40.0 Å².